The van der Waals surface area contributed by atoms with Gasteiger partial charge in [-0.2, -0.15) is 0 Å². The first-order valence-corrected chi connectivity index (χ1v) is 14.1. The second-order valence-electron chi connectivity index (χ2n) is 7.30. The van der Waals surface area contributed by atoms with Crippen molar-refractivity contribution in [3.05, 3.63) is 86.8 Å². The van der Waals surface area contributed by atoms with Crippen LogP contribution in [-0.4, -0.2) is 21.9 Å². The maximum absolute atomic E-state index is 13.3. The van der Waals surface area contributed by atoms with Gasteiger partial charge in [-0.3, -0.25) is 9.44 Å². The molecule has 0 saturated carbocycles. The molecule has 13 heteroatoms. The van der Waals surface area contributed by atoms with Gasteiger partial charge in [0.25, 0.3) is 20.0 Å². The van der Waals surface area contributed by atoms with Crippen LogP contribution in [0, 0.1) is 0 Å². The normalized spacial score (nSPS) is 12.0. The van der Waals surface area contributed by atoms with Crippen molar-refractivity contribution in [2.75, 3.05) is 9.44 Å². The Hall–Kier alpha value is -2.40. The highest BCUT2D eigenvalue weighted by atomic mass is 35.5. The Morgan fingerprint density at radius 1 is 0.600 bits per heavy atom. The molecule has 0 aliphatic rings. The SMILES string of the molecule is O=S(=O)(Nc1ccc(Cl)c(Cl)c1)c1cc(S(=O)(=O)Nc2ccc(Cl)c(Cl)c2)c2cc(O)ccc2c1. The number of rotatable bonds is 6. The van der Waals surface area contributed by atoms with E-state index in [-0.39, 0.29) is 57.8 Å². The average molecular weight is 592 g/mol. The molecule has 0 atom stereocenters. The lowest BCUT2D eigenvalue weighted by atomic mass is 10.1. The first kappa shape index (κ1) is 25.7. The van der Waals surface area contributed by atoms with Crippen molar-refractivity contribution in [3.63, 3.8) is 0 Å². The molecule has 0 saturated heterocycles. The van der Waals surface area contributed by atoms with Crippen molar-refractivity contribution in [1.29, 1.82) is 0 Å². The van der Waals surface area contributed by atoms with Gasteiger partial charge < -0.3 is 5.11 Å². The molecular weight excluding hydrogens is 578 g/mol. The predicted molar refractivity (Wildman–Crippen MR) is 140 cm³/mol. The van der Waals surface area contributed by atoms with Crippen molar-refractivity contribution in [3.8, 4) is 5.75 Å². The Balaban J connectivity index is 1.84. The number of halogens is 4. The van der Waals surface area contributed by atoms with E-state index in [4.69, 9.17) is 46.4 Å². The number of hydrogen-bond acceptors (Lipinski definition) is 5. The highest BCUT2D eigenvalue weighted by Crippen LogP contribution is 2.33. The summed E-state index contributed by atoms with van der Waals surface area (Å²) in [6.45, 7) is 0. The standard InChI is InChI=1S/C22H14Cl4N2O5S2/c23-18-5-2-13(8-20(18)25)27-34(30,31)16-7-12-1-4-15(29)10-17(12)22(11-16)35(32,33)28-14-3-6-19(24)21(26)9-14/h1-11,27-29H. The Bertz CT molecular complexity index is 1690. The molecule has 4 rings (SSSR count). The van der Waals surface area contributed by atoms with Crippen molar-refractivity contribution < 1.29 is 21.9 Å². The van der Waals surface area contributed by atoms with Gasteiger partial charge in [0, 0.05) is 5.39 Å². The monoisotopic (exact) mass is 590 g/mol. The molecule has 7 nitrogen and oxygen atoms in total. The van der Waals surface area contributed by atoms with Gasteiger partial charge in [-0.1, -0.05) is 52.5 Å². The molecule has 0 heterocycles. The van der Waals surface area contributed by atoms with Gasteiger partial charge in [-0.05, 0) is 66.0 Å². The first-order chi connectivity index (χ1) is 16.4. The molecule has 0 fully saturated rings. The molecule has 3 N–H and O–H groups in total. The van der Waals surface area contributed by atoms with Crippen LogP contribution in [0.4, 0.5) is 11.4 Å². The summed E-state index contributed by atoms with van der Waals surface area (Å²) in [6, 6.07) is 14.5. The summed E-state index contributed by atoms with van der Waals surface area (Å²) in [7, 11) is -8.61. The van der Waals surface area contributed by atoms with Gasteiger partial charge in [0.1, 0.15) is 5.75 Å². The van der Waals surface area contributed by atoms with E-state index in [1.807, 2.05) is 0 Å². The number of benzene rings is 4. The third kappa shape index (κ3) is 5.55. The molecule has 0 aliphatic carbocycles. The zero-order chi connectivity index (χ0) is 25.5. The minimum atomic E-state index is -4.35. The fourth-order valence-corrected chi connectivity index (χ4v) is 6.28. The van der Waals surface area contributed by atoms with Gasteiger partial charge >= 0.3 is 0 Å². The van der Waals surface area contributed by atoms with Crippen molar-refractivity contribution >= 4 is 88.6 Å². The summed E-state index contributed by atoms with van der Waals surface area (Å²) >= 11 is 23.7. The molecule has 0 aliphatic heterocycles. The summed E-state index contributed by atoms with van der Waals surface area (Å²) in [4.78, 5) is -0.720. The second kappa shape index (κ2) is 9.57. The third-order valence-corrected chi connectivity index (χ3v) is 9.08. The molecule has 4 aromatic carbocycles. The molecule has 0 aromatic heterocycles. The lowest BCUT2D eigenvalue weighted by molar-refractivity contribution is 0.476. The van der Waals surface area contributed by atoms with Crippen LogP contribution in [-0.2, 0) is 20.0 Å². The lowest BCUT2D eigenvalue weighted by Crippen LogP contribution is -2.17. The summed E-state index contributed by atoms with van der Waals surface area (Å²) in [5.74, 6) is -0.201. The Morgan fingerprint density at radius 3 is 1.69 bits per heavy atom. The quantitative estimate of drug-likeness (QED) is 0.229. The maximum atomic E-state index is 13.3. The number of phenols is 1. The van der Waals surface area contributed by atoms with Crippen LogP contribution in [0.15, 0.2) is 76.5 Å². The van der Waals surface area contributed by atoms with Gasteiger partial charge in [0.2, 0.25) is 0 Å². The Morgan fingerprint density at radius 2 is 1.14 bits per heavy atom. The molecule has 0 radical (unpaired) electrons. The van der Waals surface area contributed by atoms with Crippen LogP contribution in [0.1, 0.15) is 0 Å². The number of hydrogen-bond donors (Lipinski definition) is 3. The van der Waals surface area contributed by atoms with Crippen LogP contribution in [0.25, 0.3) is 10.8 Å². The van der Waals surface area contributed by atoms with Crippen molar-refractivity contribution in [2.24, 2.45) is 0 Å². The lowest BCUT2D eigenvalue weighted by Gasteiger charge is -2.15. The van der Waals surface area contributed by atoms with E-state index < -0.39 is 20.0 Å². The zero-order valence-electron chi connectivity index (χ0n) is 17.3. The van der Waals surface area contributed by atoms with Crippen LogP contribution < -0.4 is 9.44 Å². The number of phenolic OH excluding ortho intramolecular Hbond substituents is 1. The third-order valence-electron chi connectivity index (χ3n) is 4.82. The van der Waals surface area contributed by atoms with Crippen LogP contribution >= 0.6 is 46.4 Å². The zero-order valence-corrected chi connectivity index (χ0v) is 21.9. The van der Waals surface area contributed by atoms with Gasteiger partial charge in [-0.25, -0.2) is 16.8 Å². The Labute approximate surface area is 221 Å². The topological polar surface area (TPSA) is 113 Å². The van der Waals surface area contributed by atoms with Crippen molar-refractivity contribution in [2.45, 2.75) is 9.79 Å². The predicted octanol–water partition coefficient (Wildman–Crippen LogP) is 6.76. The van der Waals surface area contributed by atoms with E-state index in [0.717, 1.165) is 6.07 Å². The van der Waals surface area contributed by atoms with Crippen LogP contribution in [0.2, 0.25) is 20.1 Å². The number of aromatic hydroxyl groups is 1. The molecule has 0 spiro atoms. The van der Waals surface area contributed by atoms with Gasteiger partial charge in [-0.15, -0.1) is 0 Å². The smallest absolute Gasteiger partial charge is 0.262 e. The molecule has 0 amide bonds. The highest BCUT2D eigenvalue weighted by molar-refractivity contribution is 7.93. The van der Waals surface area contributed by atoms with Crippen molar-refractivity contribution in [1.82, 2.24) is 0 Å². The Kier molecular flexibility index (Phi) is 7.02. The van der Waals surface area contributed by atoms with E-state index in [9.17, 15) is 21.9 Å². The average Bonchev–Trinajstić information content (AvgIpc) is 2.77. The molecular formula is C22H14Cl4N2O5S2. The van der Waals surface area contributed by atoms with E-state index in [2.05, 4.69) is 9.44 Å². The number of sulfonamides is 2. The number of nitrogens with one attached hydrogen (secondary N) is 2. The summed E-state index contributed by atoms with van der Waals surface area (Å²) in [6.07, 6.45) is 0. The molecule has 0 unspecified atom stereocenters. The largest absolute Gasteiger partial charge is 0.508 e. The van der Waals surface area contributed by atoms with Gasteiger partial charge in [0.05, 0.1) is 41.3 Å². The number of fused-ring (bicyclic) bond motifs is 1. The second-order valence-corrected chi connectivity index (χ2v) is 12.3. The van der Waals surface area contributed by atoms with E-state index in [1.165, 1.54) is 60.7 Å². The maximum Gasteiger partial charge on any atom is 0.262 e. The van der Waals surface area contributed by atoms with E-state index in [1.54, 1.807) is 0 Å². The minimum absolute atomic E-state index is 0.103. The summed E-state index contributed by atoms with van der Waals surface area (Å²) in [5.41, 5.74) is 0.235. The van der Waals surface area contributed by atoms with E-state index in [0.29, 0.717) is 0 Å². The molecule has 35 heavy (non-hydrogen) atoms. The molecule has 0 bridgehead atoms. The fraction of sp³-hybridized carbons (Fsp3) is 0. The van der Waals surface area contributed by atoms with Gasteiger partial charge in [0.15, 0.2) is 0 Å². The molecule has 4 aromatic rings. The summed E-state index contributed by atoms with van der Waals surface area (Å²) < 4.78 is 57.7. The summed E-state index contributed by atoms with van der Waals surface area (Å²) in [5, 5.41) is 11.0. The minimum Gasteiger partial charge on any atom is -0.508 e. The molecule has 182 valence electrons. The van der Waals surface area contributed by atoms with Crippen LogP contribution in [0.5, 0.6) is 5.75 Å². The van der Waals surface area contributed by atoms with Crippen LogP contribution in [0.3, 0.4) is 0 Å². The fourth-order valence-electron chi connectivity index (χ4n) is 3.21. The highest BCUT2D eigenvalue weighted by Gasteiger charge is 2.24. The van der Waals surface area contributed by atoms with E-state index >= 15 is 0 Å². The first-order valence-electron chi connectivity index (χ1n) is 9.58. The number of anilines is 2.